The average Bonchev–Trinajstić information content (AvgIpc) is 3.44. The van der Waals surface area contributed by atoms with E-state index in [0.29, 0.717) is 34.8 Å². The first-order valence-electron chi connectivity index (χ1n) is 16.5. The Bertz CT molecular complexity index is 1920. The highest BCUT2D eigenvalue weighted by Crippen LogP contribution is 2.38. The van der Waals surface area contributed by atoms with Crippen molar-refractivity contribution >= 4 is 69.0 Å². The molecule has 0 radical (unpaired) electrons. The Morgan fingerprint density at radius 1 is 1.10 bits per heavy atom. The molecule has 264 valence electrons. The molecule has 3 aromatic carbocycles. The molecule has 1 aliphatic carbocycles. The van der Waals surface area contributed by atoms with Crippen molar-refractivity contribution in [2.45, 2.75) is 76.4 Å². The van der Waals surface area contributed by atoms with Crippen molar-refractivity contribution in [2.24, 2.45) is 11.7 Å². The molecule has 5 rings (SSSR count). The molecule has 0 bridgehead atoms. The number of hydrogen-bond acceptors (Lipinski definition) is 5. The molecule has 4 atom stereocenters. The van der Waals surface area contributed by atoms with Gasteiger partial charge in [-0.25, -0.2) is 4.39 Å². The average molecular weight is 741 g/mol. The van der Waals surface area contributed by atoms with E-state index in [1.165, 1.54) is 30.3 Å². The zero-order chi connectivity index (χ0) is 36.2. The highest BCUT2D eigenvalue weighted by atomic mass is 35.5. The fourth-order valence-electron chi connectivity index (χ4n) is 6.46. The number of amides is 3. The van der Waals surface area contributed by atoms with Crippen LogP contribution in [0.2, 0.25) is 10.0 Å². The molecule has 4 aromatic rings. The van der Waals surface area contributed by atoms with Gasteiger partial charge < -0.3 is 31.8 Å². The molecule has 1 aromatic heterocycles. The molecule has 9 nitrogen and oxygen atoms in total. The van der Waals surface area contributed by atoms with E-state index < -0.39 is 41.2 Å². The van der Waals surface area contributed by atoms with Crippen LogP contribution < -0.4 is 21.7 Å². The number of halogens is 3. The third-order valence-electron chi connectivity index (χ3n) is 9.52. The summed E-state index contributed by atoms with van der Waals surface area (Å²) in [7, 11) is 0. The second-order valence-corrected chi connectivity index (χ2v) is 14.3. The van der Waals surface area contributed by atoms with Gasteiger partial charge in [-0.15, -0.1) is 0 Å². The number of aromatic nitrogens is 1. The van der Waals surface area contributed by atoms with Gasteiger partial charge in [-0.2, -0.15) is 0 Å². The van der Waals surface area contributed by atoms with Crippen molar-refractivity contribution in [1.82, 2.24) is 20.9 Å². The number of rotatable bonds is 13. The van der Waals surface area contributed by atoms with E-state index >= 15 is 0 Å². The molecule has 0 fully saturated rings. The van der Waals surface area contributed by atoms with Gasteiger partial charge in [0.1, 0.15) is 23.1 Å². The fourth-order valence-corrected chi connectivity index (χ4v) is 7.29. The second kappa shape index (κ2) is 15.8. The Morgan fingerprint density at radius 2 is 1.82 bits per heavy atom. The van der Waals surface area contributed by atoms with Gasteiger partial charge in [0.2, 0.25) is 17.7 Å². The number of fused-ring (bicyclic) bond motifs is 3. The molecule has 0 saturated heterocycles. The van der Waals surface area contributed by atoms with E-state index in [0.717, 1.165) is 22.2 Å². The summed E-state index contributed by atoms with van der Waals surface area (Å²) in [5, 5.41) is 20.2. The van der Waals surface area contributed by atoms with Crippen molar-refractivity contribution < 1.29 is 23.9 Å². The number of aromatic hydroxyl groups is 1. The molecular weight excluding hydrogens is 700 g/mol. The lowest BCUT2D eigenvalue weighted by Gasteiger charge is -2.39. The first-order chi connectivity index (χ1) is 23.8. The normalized spacial score (nSPS) is 17.3. The quantitative estimate of drug-likeness (QED) is 0.0950. The number of hydrogen-bond donors (Lipinski definition) is 6. The maximum absolute atomic E-state index is 14.5. The van der Waals surface area contributed by atoms with Crippen LogP contribution in [0.25, 0.3) is 10.9 Å². The van der Waals surface area contributed by atoms with Gasteiger partial charge in [-0.1, -0.05) is 86.0 Å². The molecule has 1 unspecified atom stereocenters. The number of phenolic OH excluding ortho intramolecular Hbond substituents is 1. The van der Waals surface area contributed by atoms with Gasteiger partial charge in [0, 0.05) is 22.5 Å². The number of aromatic amines is 1. The summed E-state index contributed by atoms with van der Waals surface area (Å²) in [6.45, 7) is 3.90. The SMILES string of the molecule is CCC(C)[C@H](NC(=O)[C@@]1(NC(=O)[C@H](CCc2ccc(O)cc2)NC(=O)Cc2ccccc2F)CCc2[nH]c3c(Cl)cc(Cl)cc3c2C1)C(N)=S. The zero-order valence-electron chi connectivity index (χ0n) is 27.7. The fraction of sp³-hybridized carbons (Fsp3) is 0.351. The molecule has 0 spiro atoms. The lowest BCUT2D eigenvalue weighted by Crippen LogP contribution is -2.66. The van der Waals surface area contributed by atoms with Gasteiger partial charge in [0.05, 0.1) is 28.0 Å². The van der Waals surface area contributed by atoms with Crippen molar-refractivity contribution in [1.29, 1.82) is 0 Å². The standard InChI is InChI=1S/C37H40Cl2FN5O4S/c1-3-20(2)32(34(41)50)44-36(49)37(15-14-29-26(19-37)25-17-23(38)18-27(39)33(25)43-29)45-35(48)30(13-10-21-8-11-24(46)12-9-21)42-31(47)16-22-6-4-5-7-28(22)40/h4-9,11-12,17-18,20,30,32,43,46H,3,10,13-16,19H2,1-2H3,(H2,41,50)(H,42,47)(H,44,49)(H,45,48)/t20?,30-,32-,37+/m0/s1. The molecule has 3 amide bonds. The number of benzene rings is 3. The Balaban J connectivity index is 1.49. The lowest BCUT2D eigenvalue weighted by atomic mass is 9.78. The number of nitrogens with one attached hydrogen (secondary N) is 4. The number of H-pyrrole nitrogens is 1. The van der Waals surface area contributed by atoms with Gasteiger partial charge >= 0.3 is 0 Å². The summed E-state index contributed by atoms with van der Waals surface area (Å²) in [6, 6.07) is 14.1. The van der Waals surface area contributed by atoms with Crippen molar-refractivity contribution in [2.75, 3.05) is 0 Å². The Hall–Kier alpha value is -4.19. The number of thiocarbonyl (C=S) groups is 1. The largest absolute Gasteiger partial charge is 0.508 e. The van der Waals surface area contributed by atoms with Crippen LogP contribution in [-0.2, 0) is 40.1 Å². The Kier molecular flexibility index (Phi) is 11.7. The van der Waals surface area contributed by atoms with Crippen LogP contribution in [0.15, 0.2) is 60.7 Å². The summed E-state index contributed by atoms with van der Waals surface area (Å²) in [5.41, 5.74) is 7.95. The van der Waals surface area contributed by atoms with Gasteiger partial charge in [0.15, 0.2) is 0 Å². The summed E-state index contributed by atoms with van der Waals surface area (Å²) in [4.78, 5) is 45.6. The second-order valence-electron chi connectivity index (χ2n) is 13.0. The van der Waals surface area contributed by atoms with Crippen molar-refractivity contribution in [3.8, 4) is 5.75 Å². The number of carbonyl (C=O) groups excluding carboxylic acids is 3. The molecule has 1 heterocycles. The number of aryl methyl sites for hydroxylation is 2. The van der Waals surface area contributed by atoms with Crippen LogP contribution in [0.5, 0.6) is 5.75 Å². The highest BCUT2D eigenvalue weighted by Gasteiger charge is 2.46. The molecule has 0 saturated carbocycles. The molecular formula is C37H40Cl2FN5O4S. The van der Waals surface area contributed by atoms with Crippen molar-refractivity contribution in [3.63, 3.8) is 0 Å². The monoisotopic (exact) mass is 739 g/mol. The van der Waals surface area contributed by atoms with Crippen LogP contribution in [0, 0.1) is 11.7 Å². The van der Waals surface area contributed by atoms with Gasteiger partial charge in [0.25, 0.3) is 0 Å². The smallest absolute Gasteiger partial charge is 0.246 e. The maximum Gasteiger partial charge on any atom is 0.246 e. The Labute approximate surface area is 305 Å². The van der Waals surface area contributed by atoms with E-state index in [1.54, 1.807) is 30.3 Å². The lowest BCUT2D eigenvalue weighted by molar-refractivity contribution is -0.136. The van der Waals surface area contributed by atoms with Crippen LogP contribution >= 0.6 is 35.4 Å². The summed E-state index contributed by atoms with van der Waals surface area (Å²) >= 11 is 18.3. The number of phenols is 1. The highest BCUT2D eigenvalue weighted by molar-refractivity contribution is 7.80. The minimum atomic E-state index is -1.47. The third-order valence-corrected chi connectivity index (χ3v) is 10.3. The van der Waals surface area contributed by atoms with Crippen LogP contribution in [0.3, 0.4) is 0 Å². The first kappa shape index (κ1) is 37.1. The number of nitrogens with two attached hydrogens (primary N) is 1. The van der Waals surface area contributed by atoms with Crippen LogP contribution in [-0.4, -0.2) is 50.4 Å². The minimum Gasteiger partial charge on any atom is -0.508 e. The predicted octanol–water partition coefficient (Wildman–Crippen LogP) is 5.84. The van der Waals surface area contributed by atoms with Crippen molar-refractivity contribution in [3.05, 3.63) is 98.9 Å². The predicted molar refractivity (Wildman–Crippen MR) is 198 cm³/mol. The van der Waals surface area contributed by atoms with Crippen LogP contribution in [0.4, 0.5) is 4.39 Å². The first-order valence-corrected chi connectivity index (χ1v) is 17.7. The van der Waals surface area contributed by atoms with E-state index in [1.807, 2.05) is 13.8 Å². The summed E-state index contributed by atoms with van der Waals surface area (Å²) in [5.74, 6) is -2.13. The molecule has 0 aliphatic heterocycles. The topological polar surface area (TPSA) is 149 Å². The summed E-state index contributed by atoms with van der Waals surface area (Å²) < 4.78 is 14.4. The van der Waals surface area contributed by atoms with Gasteiger partial charge in [-0.3, -0.25) is 14.4 Å². The van der Waals surface area contributed by atoms with Crippen LogP contribution in [0.1, 0.15) is 55.5 Å². The molecule has 1 aliphatic rings. The molecule has 13 heteroatoms. The molecule has 50 heavy (non-hydrogen) atoms. The van der Waals surface area contributed by atoms with E-state index in [9.17, 15) is 23.9 Å². The van der Waals surface area contributed by atoms with E-state index in [-0.39, 0.29) is 47.9 Å². The maximum atomic E-state index is 14.5. The minimum absolute atomic E-state index is 0.0789. The number of carbonyl (C=O) groups is 3. The third kappa shape index (κ3) is 8.39. The van der Waals surface area contributed by atoms with E-state index in [4.69, 9.17) is 41.2 Å². The van der Waals surface area contributed by atoms with Gasteiger partial charge in [-0.05, 0) is 78.6 Å². The summed E-state index contributed by atoms with van der Waals surface area (Å²) in [6.07, 6.45) is 1.63. The van der Waals surface area contributed by atoms with E-state index in [2.05, 4.69) is 20.9 Å². The molecule has 7 N–H and O–H groups in total. The zero-order valence-corrected chi connectivity index (χ0v) is 30.1. The Morgan fingerprint density at radius 3 is 2.50 bits per heavy atom.